The highest BCUT2D eigenvalue weighted by molar-refractivity contribution is 6.30. The fraction of sp³-hybridized carbons (Fsp3) is 0.625. The summed E-state index contributed by atoms with van der Waals surface area (Å²) in [5, 5.41) is 4.64. The minimum Gasteiger partial charge on any atom is -0.307 e. The van der Waals surface area contributed by atoms with E-state index in [4.69, 9.17) is 11.6 Å². The van der Waals surface area contributed by atoms with Crippen LogP contribution in [-0.4, -0.2) is 6.04 Å². The fourth-order valence-corrected chi connectivity index (χ4v) is 3.31. The molecule has 1 N–H and O–H groups in total. The first-order chi connectivity index (χ1) is 8.70. The van der Waals surface area contributed by atoms with Crippen LogP contribution in [0.3, 0.4) is 0 Å². The summed E-state index contributed by atoms with van der Waals surface area (Å²) in [5.41, 5.74) is 1.29. The lowest BCUT2D eigenvalue weighted by molar-refractivity contribution is 0.240. The summed E-state index contributed by atoms with van der Waals surface area (Å²) >= 11 is 6.06. The molecule has 18 heavy (non-hydrogen) atoms. The molecule has 100 valence electrons. The average molecular weight is 266 g/mol. The summed E-state index contributed by atoms with van der Waals surface area (Å²) in [6.45, 7) is 4.56. The van der Waals surface area contributed by atoms with Crippen molar-refractivity contribution in [2.75, 3.05) is 0 Å². The standard InChI is InChI=1S/C16H24ClN/c1-3-13-7-4-5-10-16(13)18-12(2)14-8-6-9-15(17)11-14/h6,8-9,11-13,16,18H,3-5,7,10H2,1-2H3/t12-,13?,16?/m0/s1. The molecule has 0 bridgehead atoms. The van der Waals surface area contributed by atoms with Gasteiger partial charge in [-0.15, -0.1) is 0 Å². The first-order valence-corrected chi connectivity index (χ1v) is 7.60. The maximum Gasteiger partial charge on any atom is 0.0409 e. The maximum atomic E-state index is 6.06. The predicted molar refractivity (Wildman–Crippen MR) is 79.0 cm³/mol. The van der Waals surface area contributed by atoms with Crippen LogP contribution in [0.2, 0.25) is 5.02 Å². The summed E-state index contributed by atoms with van der Waals surface area (Å²) < 4.78 is 0. The molecule has 1 saturated carbocycles. The van der Waals surface area contributed by atoms with E-state index in [1.165, 1.54) is 37.7 Å². The Morgan fingerprint density at radius 3 is 2.83 bits per heavy atom. The molecule has 0 spiro atoms. The molecule has 1 aliphatic rings. The third-order valence-corrected chi connectivity index (χ3v) is 4.48. The lowest BCUT2D eigenvalue weighted by atomic mass is 9.82. The van der Waals surface area contributed by atoms with E-state index in [2.05, 4.69) is 31.3 Å². The van der Waals surface area contributed by atoms with Gasteiger partial charge in [0.2, 0.25) is 0 Å². The van der Waals surface area contributed by atoms with Crippen LogP contribution in [-0.2, 0) is 0 Å². The van der Waals surface area contributed by atoms with Gasteiger partial charge in [0.25, 0.3) is 0 Å². The lowest BCUT2D eigenvalue weighted by Gasteiger charge is -2.34. The van der Waals surface area contributed by atoms with Gasteiger partial charge in [0.1, 0.15) is 0 Å². The highest BCUT2D eigenvalue weighted by Gasteiger charge is 2.24. The molecular formula is C16H24ClN. The van der Waals surface area contributed by atoms with Crippen molar-refractivity contribution in [3.05, 3.63) is 34.9 Å². The van der Waals surface area contributed by atoms with Crippen LogP contribution in [0.4, 0.5) is 0 Å². The van der Waals surface area contributed by atoms with Gasteiger partial charge in [0.05, 0.1) is 0 Å². The average Bonchev–Trinajstić information content (AvgIpc) is 2.39. The van der Waals surface area contributed by atoms with Crippen molar-refractivity contribution < 1.29 is 0 Å². The molecule has 2 rings (SSSR count). The molecule has 0 heterocycles. The normalized spacial score (nSPS) is 25.9. The van der Waals surface area contributed by atoms with Crippen LogP contribution in [0.25, 0.3) is 0 Å². The second kappa shape index (κ2) is 6.58. The van der Waals surface area contributed by atoms with E-state index in [1.54, 1.807) is 0 Å². The minimum absolute atomic E-state index is 0.390. The Hall–Kier alpha value is -0.530. The zero-order chi connectivity index (χ0) is 13.0. The Labute approximate surface area is 116 Å². The second-order valence-electron chi connectivity index (χ2n) is 5.50. The Morgan fingerprint density at radius 2 is 2.11 bits per heavy atom. The minimum atomic E-state index is 0.390. The van der Waals surface area contributed by atoms with Gasteiger partial charge in [-0.3, -0.25) is 0 Å². The first-order valence-electron chi connectivity index (χ1n) is 7.22. The molecule has 1 aromatic rings. The summed E-state index contributed by atoms with van der Waals surface area (Å²) in [6.07, 6.45) is 6.78. The summed E-state index contributed by atoms with van der Waals surface area (Å²) in [7, 11) is 0. The number of benzene rings is 1. The van der Waals surface area contributed by atoms with Crippen LogP contribution in [0.15, 0.2) is 24.3 Å². The van der Waals surface area contributed by atoms with Crippen LogP contribution in [0.5, 0.6) is 0 Å². The van der Waals surface area contributed by atoms with Gasteiger partial charge >= 0.3 is 0 Å². The molecule has 0 radical (unpaired) electrons. The van der Waals surface area contributed by atoms with E-state index >= 15 is 0 Å². The van der Waals surface area contributed by atoms with E-state index in [1.807, 2.05) is 12.1 Å². The highest BCUT2D eigenvalue weighted by atomic mass is 35.5. The number of nitrogens with one attached hydrogen (secondary N) is 1. The van der Waals surface area contributed by atoms with Crippen molar-refractivity contribution in [3.8, 4) is 0 Å². The van der Waals surface area contributed by atoms with Gasteiger partial charge < -0.3 is 5.32 Å². The monoisotopic (exact) mass is 265 g/mol. The SMILES string of the molecule is CCC1CCCCC1N[C@@H](C)c1cccc(Cl)c1. The van der Waals surface area contributed by atoms with Crippen molar-refractivity contribution in [1.82, 2.24) is 5.32 Å². The van der Waals surface area contributed by atoms with E-state index in [0.29, 0.717) is 12.1 Å². The first kappa shape index (κ1) is 13.9. The van der Waals surface area contributed by atoms with Gasteiger partial charge in [0.15, 0.2) is 0 Å². The summed E-state index contributed by atoms with van der Waals surface area (Å²) in [5.74, 6) is 0.848. The molecule has 3 atom stereocenters. The maximum absolute atomic E-state index is 6.06. The second-order valence-corrected chi connectivity index (χ2v) is 5.94. The Morgan fingerprint density at radius 1 is 1.33 bits per heavy atom. The number of hydrogen-bond donors (Lipinski definition) is 1. The fourth-order valence-electron chi connectivity index (χ4n) is 3.11. The van der Waals surface area contributed by atoms with Gasteiger partial charge in [0, 0.05) is 17.1 Å². The highest BCUT2D eigenvalue weighted by Crippen LogP contribution is 2.29. The lowest BCUT2D eigenvalue weighted by Crippen LogP contribution is -2.39. The molecule has 1 fully saturated rings. The molecular weight excluding hydrogens is 242 g/mol. The summed E-state index contributed by atoms with van der Waals surface area (Å²) in [4.78, 5) is 0. The van der Waals surface area contributed by atoms with E-state index in [0.717, 1.165) is 10.9 Å². The van der Waals surface area contributed by atoms with E-state index in [-0.39, 0.29) is 0 Å². The molecule has 1 aromatic carbocycles. The van der Waals surface area contributed by atoms with Crippen molar-refractivity contribution >= 4 is 11.6 Å². The molecule has 0 aliphatic heterocycles. The van der Waals surface area contributed by atoms with Crippen molar-refractivity contribution in [2.45, 2.75) is 58.0 Å². The van der Waals surface area contributed by atoms with Crippen LogP contribution >= 0.6 is 11.6 Å². The Bertz CT molecular complexity index is 377. The largest absolute Gasteiger partial charge is 0.307 e. The number of hydrogen-bond acceptors (Lipinski definition) is 1. The smallest absolute Gasteiger partial charge is 0.0409 e. The predicted octanol–water partition coefficient (Wildman–Crippen LogP) is 4.96. The molecule has 0 amide bonds. The Kier molecular flexibility index (Phi) is 5.08. The third-order valence-electron chi connectivity index (χ3n) is 4.25. The van der Waals surface area contributed by atoms with Crippen LogP contribution in [0.1, 0.15) is 57.6 Å². The van der Waals surface area contributed by atoms with E-state index in [9.17, 15) is 0 Å². The van der Waals surface area contributed by atoms with Gasteiger partial charge in [-0.1, -0.05) is 49.9 Å². The molecule has 0 aromatic heterocycles. The van der Waals surface area contributed by atoms with Crippen LogP contribution < -0.4 is 5.32 Å². The van der Waals surface area contributed by atoms with Crippen molar-refractivity contribution in [2.24, 2.45) is 5.92 Å². The number of rotatable bonds is 4. The molecule has 1 aliphatic carbocycles. The van der Waals surface area contributed by atoms with Gasteiger partial charge in [-0.2, -0.15) is 0 Å². The van der Waals surface area contributed by atoms with E-state index < -0.39 is 0 Å². The van der Waals surface area contributed by atoms with Gasteiger partial charge in [-0.05, 0) is 43.4 Å². The van der Waals surface area contributed by atoms with Crippen molar-refractivity contribution in [3.63, 3.8) is 0 Å². The van der Waals surface area contributed by atoms with Crippen molar-refractivity contribution in [1.29, 1.82) is 0 Å². The molecule has 2 heteroatoms. The zero-order valence-corrected chi connectivity index (χ0v) is 12.2. The van der Waals surface area contributed by atoms with Gasteiger partial charge in [-0.25, -0.2) is 0 Å². The van der Waals surface area contributed by atoms with Crippen LogP contribution in [0, 0.1) is 5.92 Å². The quantitative estimate of drug-likeness (QED) is 0.811. The molecule has 1 nitrogen and oxygen atoms in total. The molecule has 0 saturated heterocycles. The molecule has 2 unspecified atom stereocenters. The summed E-state index contributed by atoms with van der Waals surface area (Å²) in [6, 6.07) is 9.27. The topological polar surface area (TPSA) is 12.0 Å². The number of halogens is 1. The third kappa shape index (κ3) is 3.49. The Balaban J connectivity index is 1.99. The zero-order valence-electron chi connectivity index (χ0n) is 11.5.